The van der Waals surface area contributed by atoms with Crippen molar-refractivity contribution in [2.75, 3.05) is 12.4 Å². The largest absolute Gasteiger partial charge is 0.496 e. The van der Waals surface area contributed by atoms with Gasteiger partial charge in [-0.15, -0.1) is 0 Å². The van der Waals surface area contributed by atoms with Gasteiger partial charge in [-0.1, -0.05) is 30.3 Å². The molecule has 4 N–H and O–H groups in total. The maximum Gasteiger partial charge on any atom is 0.256 e. The lowest BCUT2D eigenvalue weighted by Crippen LogP contribution is -2.24. The number of primary amides is 1. The first-order valence-corrected chi connectivity index (χ1v) is 11.6. The van der Waals surface area contributed by atoms with Crippen molar-refractivity contribution in [3.8, 4) is 17.0 Å². The molecule has 0 aliphatic carbocycles. The van der Waals surface area contributed by atoms with E-state index in [0.717, 1.165) is 34.4 Å². The van der Waals surface area contributed by atoms with Crippen LogP contribution in [0.4, 0.5) is 11.5 Å². The molecule has 2 aromatic heterocycles. The number of nitrogens with one attached hydrogen (secondary N) is 2. The summed E-state index contributed by atoms with van der Waals surface area (Å²) in [4.78, 5) is 29.2. The van der Waals surface area contributed by atoms with E-state index in [1.54, 1.807) is 16.9 Å². The summed E-state index contributed by atoms with van der Waals surface area (Å²) in [6.45, 7) is 2.90. The number of carbonyl (C=O) groups excluding carboxylic acids is 2. The molecule has 0 spiro atoms. The van der Waals surface area contributed by atoms with E-state index in [1.165, 1.54) is 13.3 Å². The van der Waals surface area contributed by atoms with E-state index in [-0.39, 0.29) is 5.91 Å². The van der Waals surface area contributed by atoms with Crippen molar-refractivity contribution in [3.63, 3.8) is 0 Å². The van der Waals surface area contributed by atoms with Crippen LogP contribution < -0.4 is 21.1 Å². The smallest absolute Gasteiger partial charge is 0.256 e. The molecule has 1 aliphatic rings. The van der Waals surface area contributed by atoms with Crippen LogP contribution in [0.2, 0.25) is 0 Å². The second-order valence-corrected chi connectivity index (χ2v) is 8.59. The van der Waals surface area contributed by atoms with Gasteiger partial charge < -0.3 is 21.1 Å². The fourth-order valence-electron chi connectivity index (χ4n) is 4.44. The predicted molar refractivity (Wildman–Crippen MR) is 136 cm³/mol. The number of benzene rings is 2. The number of hydrogen-bond donors (Lipinski definition) is 3. The first kappa shape index (κ1) is 23.1. The number of aromatic nitrogens is 3. The van der Waals surface area contributed by atoms with Crippen LogP contribution in [0.1, 0.15) is 37.4 Å². The molecule has 0 unspecified atom stereocenters. The molecule has 0 saturated heterocycles. The van der Waals surface area contributed by atoms with Crippen molar-refractivity contribution in [3.05, 3.63) is 88.7 Å². The summed E-state index contributed by atoms with van der Waals surface area (Å²) in [7, 11) is 1.51. The molecule has 0 saturated carbocycles. The van der Waals surface area contributed by atoms with Gasteiger partial charge in [0.25, 0.3) is 11.8 Å². The Kier molecular flexibility index (Phi) is 6.12. The van der Waals surface area contributed by atoms with Crippen molar-refractivity contribution in [2.45, 2.75) is 26.4 Å². The van der Waals surface area contributed by atoms with Crippen LogP contribution >= 0.6 is 0 Å². The molecule has 0 radical (unpaired) electrons. The molecule has 182 valence electrons. The van der Waals surface area contributed by atoms with E-state index in [4.69, 9.17) is 15.6 Å². The molecule has 2 amide bonds. The Morgan fingerprint density at radius 2 is 2.03 bits per heavy atom. The van der Waals surface area contributed by atoms with Crippen molar-refractivity contribution in [1.29, 1.82) is 0 Å². The Labute approximate surface area is 208 Å². The van der Waals surface area contributed by atoms with Gasteiger partial charge in [-0.2, -0.15) is 5.10 Å². The average molecular weight is 483 g/mol. The van der Waals surface area contributed by atoms with Crippen molar-refractivity contribution in [2.24, 2.45) is 5.73 Å². The monoisotopic (exact) mass is 482 g/mol. The summed E-state index contributed by atoms with van der Waals surface area (Å²) in [6, 6.07) is 15.4. The Bertz CT molecular complexity index is 1480. The van der Waals surface area contributed by atoms with Crippen molar-refractivity contribution in [1.82, 2.24) is 20.1 Å². The van der Waals surface area contributed by atoms with Gasteiger partial charge in [0.15, 0.2) is 0 Å². The maximum atomic E-state index is 12.6. The summed E-state index contributed by atoms with van der Waals surface area (Å²) in [5.41, 5.74) is 11.8. The number of pyridine rings is 1. The van der Waals surface area contributed by atoms with Gasteiger partial charge in [0.1, 0.15) is 22.8 Å². The minimum atomic E-state index is -0.544. The van der Waals surface area contributed by atoms with Gasteiger partial charge in [-0.3, -0.25) is 14.6 Å². The third kappa shape index (κ3) is 4.26. The highest BCUT2D eigenvalue weighted by Gasteiger charge is 2.26. The number of fused-ring (bicyclic) bond motifs is 2. The minimum Gasteiger partial charge on any atom is -0.496 e. The van der Waals surface area contributed by atoms with Crippen molar-refractivity contribution >= 4 is 23.3 Å². The van der Waals surface area contributed by atoms with E-state index < -0.39 is 5.91 Å². The molecule has 1 aliphatic heterocycles. The van der Waals surface area contributed by atoms with Crippen LogP contribution in [-0.2, 0) is 19.5 Å². The molecule has 0 atom stereocenters. The third-order valence-corrected chi connectivity index (χ3v) is 6.36. The lowest BCUT2D eigenvalue weighted by Gasteiger charge is -2.12. The Morgan fingerprint density at radius 3 is 2.81 bits per heavy atom. The van der Waals surface area contributed by atoms with Gasteiger partial charge in [-0.05, 0) is 48.2 Å². The normalized spacial score (nSPS) is 12.1. The average Bonchev–Trinajstić information content (AvgIpc) is 3.15. The van der Waals surface area contributed by atoms with Crippen LogP contribution in [0.5, 0.6) is 5.75 Å². The van der Waals surface area contributed by atoms with Gasteiger partial charge in [0.2, 0.25) is 0 Å². The third-order valence-electron chi connectivity index (χ3n) is 6.36. The number of aryl methyl sites for hydroxylation is 3. The standard InChI is InChI=1S/C27H26N6O3/c1-16-13-18(7-8-19(16)14-30-27(35)20-15-29-11-9-22(20)36-2)24-23(25(28)34)26-31-21-6-4-3-5-17(21)10-12-33(26)32-24/h3-9,11,13,15,31H,10,12,14H2,1-2H3,(H2,28,34)(H,30,35). The second kappa shape index (κ2) is 9.53. The molecule has 4 aromatic rings. The quantitative estimate of drug-likeness (QED) is 0.386. The van der Waals surface area contributed by atoms with Crippen LogP contribution in [0.15, 0.2) is 60.9 Å². The summed E-state index contributed by atoms with van der Waals surface area (Å²) in [6.07, 6.45) is 3.84. The fraction of sp³-hybridized carbons (Fsp3) is 0.185. The lowest BCUT2D eigenvalue weighted by molar-refractivity contribution is 0.0946. The van der Waals surface area contributed by atoms with E-state index in [2.05, 4.69) is 21.7 Å². The molecule has 2 aromatic carbocycles. The SMILES string of the molecule is COc1ccncc1C(=O)NCc1ccc(-c2nn3c(c2C(N)=O)Nc2ccccc2CC3)cc1C. The van der Waals surface area contributed by atoms with Gasteiger partial charge >= 0.3 is 0 Å². The van der Waals surface area contributed by atoms with Gasteiger partial charge in [0.05, 0.1) is 12.7 Å². The zero-order chi connectivity index (χ0) is 25.2. The summed E-state index contributed by atoms with van der Waals surface area (Å²) >= 11 is 0. The van der Waals surface area contributed by atoms with E-state index in [0.29, 0.717) is 41.5 Å². The summed E-state index contributed by atoms with van der Waals surface area (Å²) in [5, 5.41) is 11.0. The first-order chi connectivity index (χ1) is 17.5. The first-order valence-electron chi connectivity index (χ1n) is 11.6. The molecule has 0 fully saturated rings. The molecule has 36 heavy (non-hydrogen) atoms. The van der Waals surface area contributed by atoms with E-state index in [1.807, 2.05) is 43.3 Å². The predicted octanol–water partition coefficient (Wildman–Crippen LogP) is 3.59. The second-order valence-electron chi connectivity index (χ2n) is 8.59. The number of nitrogens with zero attached hydrogens (tertiary/aromatic N) is 3. The van der Waals surface area contributed by atoms with E-state index in [9.17, 15) is 9.59 Å². The number of methoxy groups -OCH3 is 1. The highest BCUT2D eigenvalue weighted by atomic mass is 16.5. The molecule has 5 rings (SSSR count). The highest BCUT2D eigenvalue weighted by Crippen LogP contribution is 2.34. The Morgan fingerprint density at radius 1 is 1.19 bits per heavy atom. The number of anilines is 2. The van der Waals surface area contributed by atoms with Gasteiger partial charge in [-0.25, -0.2) is 4.68 Å². The molecular formula is C27H26N6O3. The zero-order valence-corrected chi connectivity index (χ0v) is 20.0. The highest BCUT2D eigenvalue weighted by molar-refractivity contribution is 6.04. The minimum absolute atomic E-state index is 0.274. The number of para-hydroxylation sites is 1. The van der Waals surface area contributed by atoms with E-state index >= 15 is 0 Å². The molecule has 3 heterocycles. The molecule has 9 heteroatoms. The Hall–Kier alpha value is -4.66. The molecule has 9 nitrogen and oxygen atoms in total. The zero-order valence-electron chi connectivity index (χ0n) is 20.0. The van der Waals surface area contributed by atoms with Gasteiger partial charge in [0, 0.05) is 36.7 Å². The fourth-order valence-corrected chi connectivity index (χ4v) is 4.44. The Balaban J connectivity index is 1.41. The van der Waals surface area contributed by atoms with Crippen LogP contribution in [0.25, 0.3) is 11.3 Å². The number of rotatable bonds is 6. The summed E-state index contributed by atoms with van der Waals surface area (Å²) in [5.74, 6) is 0.243. The number of nitrogens with two attached hydrogens (primary N) is 1. The lowest BCUT2D eigenvalue weighted by atomic mass is 10.0. The summed E-state index contributed by atoms with van der Waals surface area (Å²) < 4.78 is 7.05. The maximum absolute atomic E-state index is 12.6. The van der Waals surface area contributed by atoms with Crippen LogP contribution in [0, 0.1) is 6.92 Å². The van der Waals surface area contributed by atoms with Crippen molar-refractivity contribution < 1.29 is 14.3 Å². The number of ether oxygens (including phenoxy) is 1. The molecule has 0 bridgehead atoms. The van der Waals surface area contributed by atoms with Crippen LogP contribution in [-0.4, -0.2) is 33.7 Å². The van der Waals surface area contributed by atoms with Crippen LogP contribution in [0.3, 0.4) is 0 Å². The number of amides is 2. The number of carbonyl (C=O) groups is 2. The number of hydrogen-bond acceptors (Lipinski definition) is 6. The molecular weight excluding hydrogens is 456 g/mol. The topological polar surface area (TPSA) is 124 Å².